The average Bonchev–Trinajstić information content (AvgIpc) is 2.67. The Balaban J connectivity index is 2.17. The van der Waals surface area contributed by atoms with E-state index in [9.17, 15) is 0 Å². The number of ether oxygens (including phenoxy) is 1. The standard InChI is InChI=1S/C11H15NO2/c1-8-2-3-9(6-12-8)11-10(7-13)4-5-14-11/h2-3,6,10-11,13H,4-5,7H2,1H3. The number of aromatic nitrogens is 1. The maximum absolute atomic E-state index is 9.15. The minimum absolute atomic E-state index is 0.0353. The summed E-state index contributed by atoms with van der Waals surface area (Å²) in [6, 6.07) is 4.01. The van der Waals surface area contributed by atoms with Crippen molar-refractivity contribution < 1.29 is 9.84 Å². The molecular weight excluding hydrogens is 178 g/mol. The van der Waals surface area contributed by atoms with Gasteiger partial charge in [0.1, 0.15) is 0 Å². The highest BCUT2D eigenvalue weighted by Crippen LogP contribution is 2.33. The molecule has 1 aliphatic heterocycles. The highest BCUT2D eigenvalue weighted by molar-refractivity contribution is 5.17. The topological polar surface area (TPSA) is 42.4 Å². The summed E-state index contributed by atoms with van der Waals surface area (Å²) in [6.07, 6.45) is 2.82. The molecule has 0 amide bonds. The van der Waals surface area contributed by atoms with Gasteiger partial charge in [-0.3, -0.25) is 4.98 Å². The molecule has 2 atom stereocenters. The van der Waals surface area contributed by atoms with Crippen molar-refractivity contribution in [1.29, 1.82) is 0 Å². The first kappa shape index (κ1) is 9.62. The fraction of sp³-hybridized carbons (Fsp3) is 0.545. The van der Waals surface area contributed by atoms with Gasteiger partial charge in [0, 0.05) is 31.0 Å². The van der Waals surface area contributed by atoms with E-state index in [0.717, 1.165) is 24.3 Å². The van der Waals surface area contributed by atoms with Gasteiger partial charge in [-0.15, -0.1) is 0 Å². The minimum atomic E-state index is 0.0353. The molecule has 1 aromatic rings. The van der Waals surface area contributed by atoms with Crippen molar-refractivity contribution in [3.05, 3.63) is 29.6 Å². The van der Waals surface area contributed by atoms with Crippen molar-refractivity contribution >= 4 is 0 Å². The Labute approximate surface area is 83.7 Å². The Kier molecular flexibility index (Phi) is 2.79. The van der Waals surface area contributed by atoms with E-state index < -0.39 is 0 Å². The summed E-state index contributed by atoms with van der Waals surface area (Å²) >= 11 is 0. The quantitative estimate of drug-likeness (QED) is 0.773. The molecule has 14 heavy (non-hydrogen) atoms. The number of aryl methyl sites for hydroxylation is 1. The number of rotatable bonds is 2. The second-order valence-corrected chi connectivity index (χ2v) is 3.76. The van der Waals surface area contributed by atoms with Gasteiger partial charge in [0.25, 0.3) is 0 Å². The molecule has 0 radical (unpaired) electrons. The molecule has 0 spiro atoms. The molecule has 3 nitrogen and oxygen atoms in total. The van der Waals surface area contributed by atoms with E-state index in [1.807, 2.05) is 25.3 Å². The largest absolute Gasteiger partial charge is 0.396 e. The molecule has 3 heteroatoms. The summed E-state index contributed by atoms with van der Waals surface area (Å²) in [4.78, 5) is 4.23. The molecule has 2 heterocycles. The van der Waals surface area contributed by atoms with Crippen molar-refractivity contribution in [3.8, 4) is 0 Å². The molecule has 1 aliphatic rings. The van der Waals surface area contributed by atoms with Gasteiger partial charge in [-0.1, -0.05) is 6.07 Å². The first-order valence-electron chi connectivity index (χ1n) is 4.96. The van der Waals surface area contributed by atoms with Crippen LogP contribution in [0.25, 0.3) is 0 Å². The Morgan fingerprint density at radius 2 is 2.43 bits per heavy atom. The van der Waals surface area contributed by atoms with Crippen LogP contribution in [0.4, 0.5) is 0 Å². The van der Waals surface area contributed by atoms with Crippen molar-refractivity contribution in [2.75, 3.05) is 13.2 Å². The van der Waals surface area contributed by atoms with Crippen LogP contribution in [-0.2, 0) is 4.74 Å². The normalized spacial score (nSPS) is 26.7. The van der Waals surface area contributed by atoms with E-state index in [1.165, 1.54) is 0 Å². The van der Waals surface area contributed by atoms with Crippen LogP contribution in [0.1, 0.15) is 23.8 Å². The van der Waals surface area contributed by atoms with Gasteiger partial charge >= 0.3 is 0 Å². The Bertz CT molecular complexity index is 297. The number of pyridine rings is 1. The highest BCUT2D eigenvalue weighted by atomic mass is 16.5. The van der Waals surface area contributed by atoms with Crippen molar-refractivity contribution in [1.82, 2.24) is 4.98 Å². The molecule has 0 saturated carbocycles. The van der Waals surface area contributed by atoms with E-state index in [0.29, 0.717) is 0 Å². The lowest BCUT2D eigenvalue weighted by Crippen LogP contribution is -2.11. The van der Waals surface area contributed by atoms with Crippen LogP contribution < -0.4 is 0 Å². The molecule has 1 fully saturated rings. The second kappa shape index (κ2) is 4.07. The molecule has 76 valence electrons. The Morgan fingerprint density at radius 1 is 1.57 bits per heavy atom. The Hall–Kier alpha value is -0.930. The average molecular weight is 193 g/mol. The molecule has 0 aliphatic carbocycles. The number of nitrogens with zero attached hydrogens (tertiary/aromatic N) is 1. The second-order valence-electron chi connectivity index (χ2n) is 3.76. The van der Waals surface area contributed by atoms with E-state index in [-0.39, 0.29) is 18.6 Å². The molecule has 1 N–H and O–H groups in total. The van der Waals surface area contributed by atoms with Crippen LogP contribution in [0, 0.1) is 12.8 Å². The van der Waals surface area contributed by atoms with Crippen molar-refractivity contribution in [2.24, 2.45) is 5.92 Å². The first-order chi connectivity index (χ1) is 6.81. The minimum Gasteiger partial charge on any atom is -0.396 e. The van der Waals surface area contributed by atoms with E-state index in [2.05, 4.69) is 4.98 Å². The summed E-state index contributed by atoms with van der Waals surface area (Å²) in [5, 5.41) is 9.15. The predicted molar refractivity (Wildman–Crippen MR) is 52.9 cm³/mol. The summed E-state index contributed by atoms with van der Waals surface area (Å²) in [7, 11) is 0. The van der Waals surface area contributed by atoms with Gasteiger partial charge in [-0.25, -0.2) is 0 Å². The monoisotopic (exact) mass is 193 g/mol. The molecule has 2 rings (SSSR count). The lowest BCUT2D eigenvalue weighted by atomic mass is 9.97. The molecule has 0 bridgehead atoms. The van der Waals surface area contributed by atoms with E-state index in [4.69, 9.17) is 9.84 Å². The van der Waals surface area contributed by atoms with Crippen LogP contribution in [0.5, 0.6) is 0 Å². The van der Waals surface area contributed by atoms with Crippen LogP contribution >= 0.6 is 0 Å². The number of hydrogen-bond acceptors (Lipinski definition) is 3. The van der Waals surface area contributed by atoms with Crippen LogP contribution in [-0.4, -0.2) is 23.3 Å². The lowest BCUT2D eigenvalue weighted by molar-refractivity contribution is 0.0718. The van der Waals surface area contributed by atoms with Gasteiger partial charge in [-0.05, 0) is 25.0 Å². The van der Waals surface area contributed by atoms with Gasteiger partial charge in [0.15, 0.2) is 0 Å². The van der Waals surface area contributed by atoms with E-state index in [1.54, 1.807) is 0 Å². The summed E-state index contributed by atoms with van der Waals surface area (Å²) < 4.78 is 5.58. The SMILES string of the molecule is Cc1ccc(C2OCCC2CO)cn1. The predicted octanol–water partition coefficient (Wildman–Crippen LogP) is 1.46. The number of aliphatic hydroxyl groups is 1. The first-order valence-corrected chi connectivity index (χ1v) is 4.96. The zero-order valence-electron chi connectivity index (χ0n) is 8.31. The number of hydrogen-bond donors (Lipinski definition) is 1. The van der Waals surface area contributed by atoms with Crippen molar-refractivity contribution in [2.45, 2.75) is 19.4 Å². The zero-order chi connectivity index (χ0) is 9.97. The van der Waals surface area contributed by atoms with Gasteiger partial charge in [-0.2, -0.15) is 0 Å². The van der Waals surface area contributed by atoms with Crippen LogP contribution in [0.2, 0.25) is 0 Å². The van der Waals surface area contributed by atoms with Crippen LogP contribution in [0.15, 0.2) is 18.3 Å². The smallest absolute Gasteiger partial charge is 0.0890 e. The highest BCUT2D eigenvalue weighted by Gasteiger charge is 2.28. The van der Waals surface area contributed by atoms with Crippen molar-refractivity contribution in [3.63, 3.8) is 0 Å². The molecule has 2 unspecified atom stereocenters. The summed E-state index contributed by atoms with van der Waals surface area (Å²) in [5.41, 5.74) is 2.08. The number of aliphatic hydroxyl groups excluding tert-OH is 1. The third-order valence-electron chi connectivity index (χ3n) is 2.71. The molecule has 1 aromatic heterocycles. The maximum Gasteiger partial charge on any atom is 0.0890 e. The molecule has 1 saturated heterocycles. The fourth-order valence-electron chi connectivity index (χ4n) is 1.84. The fourth-order valence-corrected chi connectivity index (χ4v) is 1.84. The maximum atomic E-state index is 9.15. The molecular formula is C11H15NO2. The summed E-state index contributed by atoms with van der Waals surface area (Å²) in [6.45, 7) is 2.89. The Morgan fingerprint density at radius 3 is 3.07 bits per heavy atom. The zero-order valence-corrected chi connectivity index (χ0v) is 8.31. The summed E-state index contributed by atoms with van der Waals surface area (Å²) in [5.74, 6) is 0.236. The van der Waals surface area contributed by atoms with Crippen LogP contribution in [0.3, 0.4) is 0 Å². The van der Waals surface area contributed by atoms with Gasteiger partial charge < -0.3 is 9.84 Å². The molecule has 0 aromatic carbocycles. The van der Waals surface area contributed by atoms with Gasteiger partial charge in [0.2, 0.25) is 0 Å². The third-order valence-corrected chi connectivity index (χ3v) is 2.71. The van der Waals surface area contributed by atoms with E-state index >= 15 is 0 Å². The lowest BCUT2D eigenvalue weighted by Gasteiger charge is -2.16. The third kappa shape index (κ3) is 1.79. The van der Waals surface area contributed by atoms with Gasteiger partial charge in [0.05, 0.1) is 6.10 Å².